The first-order valence-corrected chi connectivity index (χ1v) is 7.69. The lowest BCUT2D eigenvalue weighted by Crippen LogP contribution is -2.05. The fourth-order valence-corrected chi connectivity index (χ4v) is 2.57. The summed E-state index contributed by atoms with van der Waals surface area (Å²) in [5, 5.41) is 3.46. The van der Waals surface area contributed by atoms with Crippen LogP contribution in [0.15, 0.2) is 29.6 Å². The van der Waals surface area contributed by atoms with E-state index in [9.17, 15) is 4.91 Å². The Hall–Kier alpha value is -1.37. The molecule has 2 rings (SSSR count). The van der Waals surface area contributed by atoms with Crippen molar-refractivity contribution in [3.8, 4) is 16.7 Å². The molecule has 0 radical (unpaired) electrons. The molecule has 5 nitrogen and oxygen atoms in total. The lowest BCUT2D eigenvalue weighted by molar-refractivity contribution is 0.242. The van der Waals surface area contributed by atoms with Crippen molar-refractivity contribution < 1.29 is 9.47 Å². The summed E-state index contributed by atoms with van der Waals surface area (Å²) in [5.41, 5.74) is -0.961. The molecule has 0 fully saturated rings. The maximum absolute atomic E-state index is 10.4. The van der Waals surface area contributed by atoms with E-state index in [4.69, 9.17) is 32.7 Å². The highest BCUT2D eigenvalue weighted by Gasteiger charge is 2.14. The topological polar surface area (TPSA) is 60.8 Å². The second kappa shape index (κ2) is 7.06. The number of nitroso groups, excluding NO2 is 1. The van der Waals surface area contributed by atoms with Gasteiger partial charge in [-0.05, 0) is 31.2 Å². The van der Waals surface area contributed by atoms with Crippen molar-refractivity contribution in [2.45, 2.75) is 25.5 Å². The second-order valence-corrected chi connectivity index (χ2v) is 6.18. The normalized spacial score (nSPS) is 12.2. The molecular weight excluding hydrogens is 335 g/mol. The van der Waals surface area contributed by atoms with Gasteiger partial charge in [0.2, 0.25) is 5.50 Å². The first-order valence-electron chi connectivity index (χ1n) is 6.06. The maximum Gasteiger partial charge on any atom is 0.279 e. The molecule has 0 aliphatic carbocycles. The van der Waals surface area contributed by atoms with E-state index in [-0.39, 0.29) is 6.10 Å². The summed E-state index contributed by atoms with van der Waals surface area (Å²) in [6.07, 6.45) is 1.51. The van der Waals surface area contributed by atoms with Crippen LogP contribution < -0.4 is 9.47 Å². The average molecular weight is 347 g/mol. The summed E-state index contributed by atoms with van der Waals surface area (Å²) in [6, 6.07) is 5.12. The van der Waals surface area contributed by atoms with Crippen LogP contribution in [0.25, 0.3) is 0 Å². The minimum absolute atomic E-state index is 0.0610. The van der Waals surface area contributed by atoms with Crippen LogP contribution in [0.1, 0.15) is 24.2 Å². The smallest absolute Gasteiger partial charge is 0.279 e. The summed E-state index contributed by atoms with van der Waals surface area (Å²) in [5.74, 6) is 1.10. The van der Waals surface area contributed by atoms with Gasteiger partial charge in [-0.15, -0.1) is 4.91 Å². The van der Waals surface area contributed by atoms with Gasteiger partial charge in [-0.3, -0.25) is 0 Å². The lowest BCUT2D eigenvalue weighted by atomic mass is 10.3. The van der Waals surface area contributed by atoms with Gasteiger partial charge >= 0.3 is 0 Å². The van der Waals surface area contributed by atoms with Crippen LogP contribution in [0, 0.1) is 4.91 Å². The highest BCUT2D eigenvalue weighted by molar-refractivity contribution is 7.13. The number of thiazole rings is 1. The van der Waals surface area contributed by atoms with Gasteiger partial charge in [0, 0.05) is 12.3 Å². The quantitative estimate of drug-likeness (QED) is 0.400. The molecule has 0 spiro atoms. The van der Waals surface area contributed by atoms with E-state index in [1.165, 1.54) is 6.20 Å². The monoisotopic (exact) mass is 346 g/mol. The third kappa shape index (κ3) is 4.30. The lowest BCUT2D eigenvalue weighted by Gasteiger charge is -2.11. The maximum atomic E-state index is 10.4. The Morgan fingerprint density at radius 3 is 2.76 bits per heavy atom. The van der Waals surface area contributed by atoms with Crippen molar-refractivity contribution in [2.24, 2.45) is 5.18 Å². The summed E-state index contributed by atoms with van der Waals surface area (Å²) >= 11 is 13.0. The Bertz CT molecular complexity index is 634. The minimum Gasteiger partial charge on any atom is -0.491 e. The zero-order chi connectivity index (χ0) is 15.4. The summed E-state index contributed by atoms with van der Waals surface area (Å²) in [6.45, 7) is 3.86. The van der Waals surface area contributed by atoms with Crippen molar-refractivity contribution in [1.29, 1.82) is 0 Å². The van der Waals surface area contributed by atoms with Crippen LogP contribution in [0.5, 0.6) is 16.7 Å². The predicted octanol–water partition coefficient (Wildman–Crippen LogP) is 5.38. The minimum atomic E-state index is -0.961. The molecule has 1 heterocycles. The molecule has 1 aromatic heterocycles. The molecule has 0 bridgehead atoms. The Morgan fingerprint density at radius 2 is 2.14 bits per heavy atom. The third-order valence-electron chi connectivity index (χ3n) is 2.30. The van der Waals surface area contributed by atoms with Crippen LogP contribution in [0.3, 0.4) is 0 Å². The van der Waals surface area contributed by atoms with E-state index in [0.717, 1.165) is 11.3 Å². The van der Waals surface area contributed by atoms with E-state index in [1.807, 2.05) is 13.8 Å². The average Bonchev–Trinajstić information content (AvgIpc) is 2.89. The van der Waals surface area contributed by atoms with Crippen LogP contribution in [0.4, 0.5) is 0 Å². The zero-order valence-corrected chi connectivity index (χ0v) is 13.6. The van der Waals surface area contributed by atoms with Gasteiger partial charge in [0.25, 0.3) is 5.19 Å². The van der Waals surface area contributed by atoms with Crippen molar-refractivity contribution in [2.75, 3.05) is 0 Å². The van der Waals surface area contributed by atoms with Crippen molar-refractivity contribution in [3.05, 3.63) is 39.2 Å². The first-order chi connectivity index (χ1) is 9.99. The standard InChI is InChI=1S/C13H12Cl2N2O3S/c1-7(2)19-8-3-4-10(9(14)5-8)20-13-16-6-11(21-13)12(15)17-18/h3-7,12H,1-2H3. The number of ether oxygens (including phenoxy) is 2. The molecule has 0 aliphatic heterocycles. The Balaban J connectivity index is 2.12. The van der Waals surface area contributed by atoms with E-state index >= 15 is 0 Å². The summed E-state index contributed by atoms with van der Waals surface area (Å²) < 4.78 is 11.1. The van der Waals surface area contributed by atoms with E-state index < -0.39 is 5.50 Å². The Labute approximate surface area is 135 Å². The molecule has 0 saturated carbocycles. The van der Waals surface area contributed by atoms with Crippen LogP contribution >= 0.6 is 34.5 Å². The van der Waals surface area contributed by atoms with Crippen LogP contribution in [0.2, 0.25) is 5.02 Å². The third-order valence-corrected chi connectivity index (χ3v) is 3.97. The van der Waals surface area contributed by atoms with Gasteiger partial charge in [-0.2, -0.15) is 0 Å². The Morgan fingerprint density at radius 1 is 1.38 bits per heavy atom. The number of halogens is 2. The fraction of sp³-hybridized carbons (Fsp3) is 0.308. The largest absolute Gasteiger partial charge is 0.491 e. The molecule has 2 aromatic rings. The van der Waals surface area contributed by atoms with Gasteiger partial charge in [-0.1, -0.05) is 34.5 Å². The van der Waals surface area contributed by atoms with Gasteiger partial charge in [0.1, 0.15) is 11.5 Å². The number of nitrogens with zero attached hydrogens (tertiary/aromatic N) is 2. The van der Waals surface area contributed by atoms with E-state index in [1.54, 1.807) is 18.2 Å². The molecule has 1 atom stereocenters. The number of hydrogen-bond acceptors (Lipinski definition) is 6. The molecular formula is C13H12Cl2N2O3S. The number of benzene rings is 1. The molecule has 21 heavy (non-hydrogen) atoms. The SMILES string of the molecule is CC(C)Oc1ccc(Oc2ncc(C(Cl)N=O)s2)c(Cl)c1. The first kappa shape index (κ1) is 16.0. The fourth-order valence-electron chi connectivity index (χ4n) is 1.48. The molecule has 1 aromatic carbocycles. The van der Waals surface area contributed by atoms with Crippen molar-refractivity contribution >= 4 is 34.5 Å². The summed E-state index contributed by atoms with van der Waals surface area (Å²) in [7, 11) is 0. The molecule has 112 valence electrons. The predicted molar refractivity (Wildman–Crippen MR) is 83.8 cm³/mol. The molecule has 0 saturated heterocycles. The van der Waals surface area contributed by atoms with Crippen LogP contribution in [-0.2, 0) is 0 Å². The van der Waals surface area contributed by atoms with Crippen molar-refractivity contribution in [1.82, 2.24) is 4.98 Å². The van der Waals surface area contributed by atoms with Crippen molar-refractivity contribution in [3.63, 3.8) is 0 Å². The molecule has 0 aliphatic rings. The van der Waals surface area contributed by atoms with Crippen LogP contribution in [-0.4, -0.2) is 11.1 Å². The van der Waals surface area contributed by atoms with Gasteiger partial charge < -0.3 is 9.47 Å². The van der Waals surface area contributed by atoms with Gasteiger partial charge in [0.05, 0.1) is 16.0 Å². The van der Waals surface area contributed by atoms with E-state index in [2.05, 4.69) is 10.2 Å². The Kier molecular flexibility index (Phi) is 5.39. The molecule has 0 N–H and O–H groups in total. The number of alkyl halides is 1. The van der Waals surface area contributed by atoms with Gasteiger partial charge in [0.15, 0.2) is 0 Å². The molecule has 8 heteroatoms. The number of aromatic nitrogens is 1. The zero-order valence-electron chi connectivity index (χ0n) is 11.2. The molecule has 0 amide bonds. The molecule has 1 unspecified atom stereocenters. The van der Waals surface area contributed by atoms with Gasteiger partial charge in [-0.25, -0.2) is 4.98 Å². The van der Waals surface area contributed by atoms with E-state index in [0.29, 0.717) is 26.6 Å². The highest BCUT2D eigenvalue weighted by atomic mass is 35.5. The number of hydrogen-bond donors (Lipinski definition) is 0. The second-order valence-electron chi connectivity index (χ2n) is 4.33. The summed E-state index contributed by atoms with van der Waals surface area (Å²) in [4.78, 5) is 14.9. The highest BCUT2D eigenvalue weighted by Crippen LogP contribution is 2.36. The number of rotatable bonds is 6.